The summed E-state index contributed by atoms with van der Waals surface area (Å²) in [5.74, 6) is 1.94. The van der Waals surface area contributed by atoms with E-state index in [-0.39, 0.29) is 0 Å². The second-order valence-corrected chi connectivity index (χ2v) is 6.81. The molecule has 0 aliphatic carbocycles. The van der Waals surface area contributed by atoms with Gasteiger partial charge in [-0.3, -0.25) is 0 Å². The standard InChI is InChI=1S/C16H24N4S/c1-13-17-15(14-7-12-21-16(14)18-13)19(2)10-11-20-8-5-3-4-6-9-20/h7,12H,3-6,8-11H2,1-2H3. The average Bonchev–Trinajstić information content (AvgIpc) is 2.78. The minimum atomic E-state index is 0.863. The van der Waals surface area contributed by atoms with E-state index in [1.54, 1.807) is 11.3 Å². The van der Waals surface area contributed by atoms with Crippen LogP contribution in [0, 0.1) is 6.92 Å². The van der Waals surface area contributed by atoms with Crippen LogP contribution in [-0.4, -0.2) is 48.1 Å². The van der Waals surface area contributed by atoms with Gasteiger partial charge in [0.1, 0.15) is 16.5 Å². The topological polar surface area (TPSA) is 32.3 Å². The molecule has 3 heterocycles. The Bertz CT molecular complexity index is 587. The zero-order valence-electron chi connectivity index (χ0n) is 13.0. The van der Waals surface area contributed by atoms with Gasteiger partial charge in [0.2, 0.25) is 0 Å². The molecular weight excluding hydrogens is 280 g/mol. The Morgan fingerprint density at radius 3 is 2.71 bits per heavy atom. The van der Waals surface area contributed by atoms with Crippen LogP contribution in [0.4, 0.5) is 5.82 Å². The van der Waals surface area contributed by atoms with E-state index in [2.05, 4.69) is 38.3 Å². The second-order valence-electron chi connectivity index (χ2n) is 5.91. The van der Waals surface area contributed by atoms with Crippen molar-refractivity contribution in [2.45, 2.75) is 32.6 Å². The summed E-state index contributed by atoms with van der Waals surface area (Å²) in [5, 5.41) is 3.29. The number of nitrogens with zero attached hydrogens (tertiary/aromatic N) is 4. The summed E-state index contributed by atoms with van der Waals surface area (Å²) in [6.07, 6.45) is 5.50. The first-order valence-corrected chi connectivity index (χ1v) is 8.77. The van der Waals surface area contributed by atoms with Gasteiger partial charge < -0.3 is 9.80 Å². The molecule has 0 bridgehead atoms. The lowest BCUT2D eigenvalue weighted by molar-refractivity contribution is 0.291. The third-order valence-electron chi connectivity index (χ3n) is 4.23. The van der Waals surface area contributed by atoms with Crippen LogP contribution in [0.2, 0.25) is 0 Å². The van der Waals surface area contributed by atoms with E-state index in [9.17, 15) is 0 Å². The van der Waals surface area contributed by atoms with Crippen molar-refractivity contribution in [2.75, 3.05) is 38.1 Å². The highest BCUT2D eigenvalue weighted by Crippen LogP contribution is 2.27. The van der Waals surface area contributed by atoms with Crippen molar-refractivity contribution in [3.05, 3.63) is 17.3 Å². The summed E-state index contributed by atoms with van der Waals surface area (Å²) in [7, 11) is 2.15. The highest BCUT2D eigenvalue weighted by Gasteiger charge is 2.13. The number of thiophene rings is 1. The molecule has 0 radical (unpaired) electrons. The number of likely N-dealkylation sites (N-methyl/N-ethyl adjacent to an activating group) is 1. The number of hydrogen-bond donors (Lipinski definition) is 0. The van der Waals surface area contributed by atoms with Crippen LogP contribution in [0.3, 0.4) is 0 Å². The Morgan fingerprint density at radius 2 is 1.95 bits per heavy atom. The summed E-state index contributed by atoms with van der Waals surface area (Å²) >= 11 is 1.69. The maximum absolute atomic E-state index is 4.66. The highest BCUT2D eigenvalue weighted by molar-refractivity contribution is 7.16. The Kier molecular flexibility index (Phi) is 4.70. The maximum atomic E-state index is 4.66. The summed E-state index contributed by atoms with van der Waals surface area (Å²) < 4.78 is 0. The lowest BCUT2D eigenvalue weighted by atomic mass is 10.2. The molecule has 2 aromatic heterocycles. The molecule has 0 unspecified atom stereocenters. The van der Waals surface area contributed by atoms with Crippen LogP contribution >= 0.6 is 11.3 Å². The summed E-state index contributed by atoms with van der Waals surface area (Å²) in [5.41, 5.74) is 0. The number of rotatable bonds is 4. The largest absolute Gasteiger partial charge is 0.358 e. The average molecular weight is 304 g/mol. The molecule has 0 spiro atoms. The predicted octanol–water partition coefficient (Wildman–Crippen LogP) is 3.31. The molecular formula is C16H24N4S. The molecule has 0 aromatic carbocycles. The van der Waals surface area contributed by atoms with Crippen molar-refractivity contribution >= 4 is 27.4 Å². The molecule has 0 amide bonds. The van der Waals surface area contributed by atoms with E-state index in [1.807, 2.05) is 6.92 Å². The number of aromatic nitrogens is 2. The monoisotopic (exact) mass is 304 g/mol. The van der Waals surface area contributed by atoms with Crippen LogP contribution in [0.15, 0.2) is 11.4 Å². The Labute approximate surface area is 130 Å². The van der Waals surface area contributed by atoms with Gasteiger partial charge in [-0.25, -0.2) is 9.97 Å². The van der Waals surface area contributed by atoms with Crippen molar-refractivity contribution in [3.8, 4) is 0 Å². The first-order valence-electron chi connectivity index (χ1n) is 7.89. The van der Waals surface area contributed by atoms with E-state index in [4.69, 9.17) is 0 Å². The van der Waals surface area contributed by atoms with E-state index in [0.29, 0.717) is 0 Å². The molecule has 1 aliphatic heterocycles. The first-order chi connectivity index (χ1) is 10.2. The minimum Gasteiger partial charge on any atom is -0.358 e. The van der Waals surface area contributed by atoms with Crippen LogP contribution in [0.5, 0.6) is 0 Å². The Hall–Kier alpha value is -1.20. The molecule has 2 aromatic rings. The lowest BCUT2D eigenvalue weighted by Crippen LogP contribution is -2.34. The van der Waals surface area contributed by atoms with Gasteiger partial charge in [-0.05, 0) is 44.3 Å². The SMILES string of the molecule is Cc1nc(N(C)CCN2CCCCCC2)c2ccsc2n1. The van der Waals surface area contributed by atoms with Gasteiger partial charge in [-0.15, -0.1) is 11.3 Å². The van der Waals surface area contributed by atoms with Crippen molar-refractivity contribution in [1.29, 1.82) is 0 Å². The summed E-state index contributed by atoms with van der Waals surface area (Å²) in [4.78, 5) is 15.2. The molecule has 0 saturated carbocycles. The molecule has 1 fully saturated rings. The molecule has 114 valence electrons. The molecule has 1 saturated heterocycles. The zero-order chi connectivity index (χ0) is 14.7. The Morgan fingerprint density at radius 1 is 1.19 bits per heavy atom. The molecule has 4 nitrogen and oxygen atoms in total. The third-order valence-corrected chi connectivity index (χ3v) is 5.04. The summed E-state index contributed by atoms with van der Waals surface area (Å²) in [6, 6.07) is 2.14. The smallest absolute Gasteiger partial charge is 0.140 e. The fourth-order valence-corrected chi connectivity index (χ4v) is 3.80. The lowest BCUT2D eigenvalue weighted by Gasteiger charge is -2.25. The number of likely N-dealkylation sites (tertiary alicyclic amines) is 1. The molecule has 5 heteroatoms. The number of anilines is 1. The van der Waals surface area contributed by atoms with Crippen molar-refractivity contribution < 1.29 is 0 Å². The molecule has 0 N–H and O–H groups in total. The summed E-state index contributed by atoms with van der Waals surface area (Å²) in [6.45, 7) is 6.65. The molecule has 1 aliphatic rings. The highest BCUT2D eigenvalue weighted by atomic mass is 32.1. The molecule has 0 atom stereocenters. The fraction of sp³-hybridized carbons (Fsp3) is 0.625. The normalized spacial score (nSPS) is 17.0. The van der Waals surface area contributed by atoms with Crippen molar-refractivity contribution in [1.82, 2.24) is 14.9 Å². The van der Waals surface area contributed by atoms with Gasteiger partial charge in [0.05, 0.1) is 5.39 Å². The van der Waals surface area contributed by atoms with Gasteiger partial charge in [0, 0.05) is 20.1 Å². The second kappa shape index (κ2) is 6.71. The zero-order valence-corrected chi connectivity index (χ0v) is 13.8. The van der Waals surface area contributed by atoms with Gasteiger partial charge in [0.25, 0.3) is 0 Å². The van der Waals surface area contributed by atoms with Gasteiger partial charge >= 0.3 is 0 Å². The van der Waals surface area contributed by atoms with Crippen LogP contribution in [-0.2, 0) is 0 Å². The van der Waals surface area contributed by atoms with Crippen LogP contribution in [0.1, 0.15) is 31.5 Å². The predicted molar refractivity (Wildman–Crippen MR) is 90.3 cm³/mol. The van der Waals surface area contributed by atoms with Crippen LogP contribution in [0.25, 0.3) is 10.2 Å². The van der Waals surface area contributed by atoms with Gasteiger partial charge in [-0.2, -0.15) is 0 Å². The van der Waals surface area contributed by atoms with Crippen molar-refractivity contribution in [3.63, 3.8) is 0 Å². The minimum absolute atomic E-state index is 0.863. The molecule has 21 heavy (non-hydrogen) atoms. The van der Waals surface area contributed by atoms with E-state index < -0.39 is 0 Å². The van der Waals surface area contributed by atoms with E-state index >= 15 is 0 Å². The first kappa shape index (κ1) is 14.7. The number of aryl methyl sites for hydroxylation is 1. The van der Waals surface area contributed by atoms with Crippen LogP contribution < -0.4 is 4.90 Å². The third kappa shape index (κ3) is 3.52. The van der Waals surface area contributed by atoms with E-state index in [1.165, 1.54) is 44.2 Å². The van der Waals surface area contributed by atoms with E-state index in [0.717, 1.165) is 29.6 Å². The number of fused-ring (bicyclic) bond motifs is 1. The fourth-order valence-electron chi connectivity index (χ4n) is 2.99. The molecule has 3 rings (SSSR count). The quantitative estimate of drug-likeness (QED) is 0.867. The maximum Gasteiger partial charge on any atom is 0.140 e. The van der Waals surface area contributed by atoms with Gasteiger partial charge in [-0.1, -0.05) is 12.8 Å². The Balaban J connectivity index is 1.68. The number of hydrogen-bond acceptors (Lipinski definition) is 5. The van der Waals surface area contributed by atoms with Crippen molar-refractivity contribution in [2.24, 2.45) is 0 Å². The van der Waals surface area contributed by atoms with Gasteiger partial charge in [0.15, 0.2) is 0 Å².